The molecule has 98 valence electrons. The number of carbonyl (C=O) groups is 1. The third-order valence-electron chi connectivity index (χ3n) is 1.91. The number of benzene rings is 1. The van der Waals surface area contributed by atoms with Crippen LogP contribution in [0.1, 0.15) is 0 Å². The fraction of sp³-hybridized carbons (Fsp3) is 0.222. The number of anilines is 1. The molecule has 0 bridgehead atoms. The first-order valence-electron chi connectivity index (χ1n) is 4.47. The summed E-state index contributed by atoms with van der Waals surface area (Å²) in [6.45, 7) is 0. The zero-order chi connectivity index (χ0) is 13.9. The number of halogens is 4. The van der Waals surface area contributed by atoms with Crippen LogP contribution in [0.5, 0.6) is 0 Å². The maximum absolute atomic E-state index is 12.6. The van der Waals surface area contributed by atoms with Crippen LogP contribution < -0.4 is 5.32 Å². The summed E-state index contributed by atoms with van der Waals surface area (Å²) in [6, 6.07) is 3.79. The number of hydrogen-bond donors (Lipinski definition) is 1. The fourth-order valence-corrected chi connectivity index (χ4v) is 0.980. The Labute approximate surface area is 97.6 Å². The van der Waals surface area contributed by atoms with Crippen LogP contribution in [0.3, 0.4) is 0 Å². The van der Waals surface area contributed by atoms with Crippen molar-refractivity contribution in [3.8, 4) is 0 Å². The van der Waals surface area contributed by atoms with E-state index < -0.39 is 23.2 Å². The van der Waals surface area contributed by atoms with Gasteiger partial charge < -0.3 is 5.32 Å². The van der Waals surface area contributed by atoms with E-state index >= 15 is 0 Å². The summed E-state index contributed by atoms with van der Waals surface area (Å²) in [6.07, 6.45) is -4.13. The van der Waals surface area contributed by atoms with Gasteiger partial charge >= 0.3 is 18.3 Å². The quantitative estimate of drug-likeness (QED) is 0.516. The van der Waals surface area contributed by atoms with Gasteiger partial charge in [0.15, 0.2) is 0 Å². The Morgan fingerprint density at radius 3 is 2.17 bits per heavy atom. The Balaban J connectivity index is 2.80. The summed E-state index contributed by atoms with van der Waals surface area (Å²) in [7, 11) is 0. The number of hydrogen-bond acceptors (Lipinski definition) is 3. The van der Waals surface area contributed by atoms with E-state index in [1.807, 2.05) is 0 Å². The number of carbonyl (C=O) groups excluding carboxylic acids is 1. The predicted octanol–water partition coefficient (Wildman–Crippen LogP) is 2.43. The molecular formula is C9H6F4N2O3. The summed E-state index contributed by atoms with van der Waals surface area (Å²) in [5.74, 6) is -6.99. The molecule has 1 rings (SSSR count). The molecular weight excluding hydrogens is 260 g/mol. The molecule has 1 aromatic rings. The number of amides is 1. The van der Waals surface area contributed by atoms with Crippen LogP contribution in [0.4, 0.5) is 28.9 Å². The van der Waals surface area contributed by atoms with E-state index in [0.29, 0.717) is 0 Å². The van der Waals surface area contributed by atoms with E-state index in [1.54, 1.807) is 0 Å². The van der Waals surface area contributed by atoms with Crippen molar-refractivity contribution in [3.05, 3.63) is 34.4 Å². The lowest BCUT2D eigenvalue weighted by atomic mass is 10.2. The molecule has 0 aliphatic heterocycles. The van der Waals surface area contributed by atoms with Crippen LogP contribution >= 0.6 is 0 Å². The normalized spacial score (nSPS) is 11.4. The maximum Gasteiger partial charge on any atom is 0.383 e. The summed E-state index contributed by atoms with van der Waals surface area (Å²) < 4.78 is 48.8. The summed E-state index contributed by atoms with van der Waals surface area (Å²) >= 11 is 0. The van der Waals surface area contributed by atoms with Gasteiger partial charge in [-0.1, -0.05) is 0 Å². The van der Waals surface area contributed by atoms with Crippen LogP contribution in [0.15, 0.2) is 24.3 Å². The van der Waals surface area contributed by atoms with Gasteiger partial charge in [-0.3, -0.25) is 14.9 Å². The topological polar surface area (TPSA) is 72.2 Å². The van der Waals surface area contributed by atoms with Crippen molar-refractivity contribution in [1.82, 2.24) is 0 Å². The average Bonchev–Trinajstić information content (AvgIpc) is 2.29. The first-order valence-corrected chi connectivity index (χ1v) is 4.47. The highest BCUT2D eigenvalue weighted by molar-refractivity contribution is 5.96. The van der Waals surface area contributed by atoms with Gasteiger partial charge in [0.2, 0.25) is 0 Å². The van der Waals surface area contributed by atoms with E-state index in [-0.39, 0.29) is 11.4 Å². The number of rotatable bonds is 4. The lowest BCUT2D eigenvalue weighted by molar-refractivity contribution is -0.384. The van der Waals surface area contributed by atoms with Crippen LogP contribution in [0.2, 0.25) is 0 Å². The molecule has 0 saturated carbocycles. The first-order chi connectivity index (χ1) is 8.25. The Kier molecular flexibility index (Phi) is 3.84. The third-order valence-corrected chi connectivity index (χ3v) is 1.91. The van der Waals surface area contributed by atoms with E-state index in [0.717, 1.165) is 24.3 Å². The smallest absolute Gasteiger partial charge is 0.321 e. The molecule has 0 radical (unpaired) electrons. The molecule has 5 nitrogen and oxygen atoms in total. The van der Waals surface area contributed by atoms with Crippen molar-refractivity contribution in [3.63, 3.8) is 0 Å². The average molecular weight is 266 g/mol. The Morgan fingerprint density at radius 2 is 1.78 bits per heavy atom. The van der Waals surface area contributed by atoms with E-state index in [1.165, 1.54) is 5.32 Å². The fourth-order valence-electron chi connectivity index (χ4n) is 0.980. The minimum atomic E-state index is -4.82. The standard InChI is InChI=1S/C9H6F4N2O3/c10-7(11)9(12,13)8(16)14-5-1-3-6(4-2-5)15(17)18/h1-4,7H,(H,14,16). The van der Waals surface area contributed by atoms with Gasteiger partial charge in [-0.15, -0.1) is 0 Å². The molecule has 0 aliphatic rings. The highest BCUT2D eigenvalue weighted by Gasteiger charge is 2.48. The molecule has 0 saturated heterocycles. The Hall–Kier alpha value is -2.19. The van der Waals surface area contributed by atoms with Crippen LogP contribution in [0, 0.1) is 10.1 Å². The molecule has 18 heavy (non-hydrogen) atoms. The zero-order valence-corrected chi connectivity index (χ0v) is 8.57. The molecule has 0 spiro atoms. The van der Waals surface area contributed by atoms with Crippen molar-refractivity contribution in [2.45, 2.75) is 12.3 Å². The molecule has 1 aromatic carbocycles. The second kappa shape index (κ2) is 4.98. The van der Waals surface area contributed by atoms with Gasteiger partial charge in [-0.2, -0.15) is 8.78 Å². The number of nitro groups is 1. The number of nitro benzene ring substituents is 1. The van der Waals surface area contributed by atoms with E-state index in [9.17, 15) is 32.5 Å². The van der Waals surface area contributed by atoms with Crippen molar-refractivity contribution in [1.29, 1.82) is 0 Å². The predicted molar refractivity (Wildman–Crippen MR) is 52.7 cm³/mol. The Bertz CT molecular complexity index is 461. The molecule has 0 aliphatic carbocycles. The highest BCUT2D eigenvalue weighted by Crippen LogP contribution is 2.25. The zero-order valence-electron chi connectivity index (χ0n) is 8.57. The summed E-state index contributed by atoms with van der Waals surface area (Å²) in [4.78, 5) is 20.4. The number of non-ortho nitro benzene ring substituents is 1. The van der Waals surface area contributed by atoms with Crippen LogP contribution in [-0.4, -0.2) is 23.2 Å². The molecule has 1 N–H and O–H groups in total. The van der Waals surface area contributed by atoms with Crippen molar-refractivity contribution in [2.75, 3.05) is 5.32 Å². The number of alkyl halides is 4. The second-order valence-electron chi connectivity index (χ2n) is 3.18. The van der Waals surface area contributed by atoms with Gasteiger partial charge in [0, 0.05) is 17.8 Å². The number of nitrogens with zero attached hydrogens (tertiary/aromatic N) is 1. The highest BCUT2D eigenvalue weighted by atomic mass is 19.3. The molecule has 1 amide bonds. The SMILES string of the molecule is O=C(Nc1ccc([N+](=O)[O-])cc1)C(F)(F)C(F)F. The molecule has 0 fully saturated rings. The lowest BCUT2D eigenvalue weighted by Crippen LogP contribution is -2.40. The Morgan fingerprint density at radius 1 is 1.28 bits per heavy atom. The summed E-state index contributed by atoms with van der Waals surface area (Å²) in [5.41, 5.74) is -0.570. The molecule has 0 atom stereocenters. The largest absolute Gasteiger partial charge is 0.383 e. The van der Waals surface area contributed by atoms with Gasteiger partial charge in [0.1, 0.15) is 0 Å². The lowest BCUT2D eigenvalue weighted by Gasteiger charge is -2.14. The van der Waals surface area contributed by atoms with E-state index in [2.05, 4.69) is 0 Å². The van der Waals surface area contributed by atoms with Gasteiger partial charge in [0.25, 0.3) is 5.69 Å². The third kappa shape index (κ3) is 2.93. The van der Waals surface area contributed by atoms with Gasteiger partial charge in [-0.05, 0) is 12.1 Å². The molecule has 9 heteroatoms. The van der Waals surface area contributed by atoms with Crippen LogP contribution in [0.25, 0.3) is 0 Å². The number of nitrogens with one attached hydrogen (secondary N) is 1. The maximum atomic E-state index is 12.6. The van der Waals surface area contributed by atoms with Gasteiger partial charge in [0.05, 0.1) is 4.92 Å². The van der Waals surface area contributed by atoms with E-state index in [4.69, 9.17) is 0 Å². The van der Waals surface area contributed by atoms with Crippen molar-refractivity contribution < 1.29 is 27.3 Å². The molecule has 0 aromatic heterocycles. The molecule has 0 unspecified atom stereocenters. The minimum absolute atomic E-state index is 0.245. The second-order valence-corrected chi connectivity index (χ2v) is 3.18. The summed E-state index contributed by atoms with van der Waals surface area (Å²) in [5, 5.41) is 11.8. The monoisotopic (exact) mass is 266 g/mol. The van der Waals surface area contributed by atoms with Crippen LogP contribution in [-0.2, 0) is 4.79 Å². The minimum Gasteiger partial charge on any atom is -0.321 e. The molecule has 0 heterocycles. The van der Waals surface area contributed by atoms with Gasteiger partial charge in [-0.25, -0.2) is 8.78 Å². The first kappa shape index (κ1) is 13.9. The van der Waals surface area contributed by atoms with Crippen molar-refractivity contribution >= 4 is 17.3 Å². The van der Waals surface area contributed by atoms with Crippen molar-refractivity contribution in [2.24, 2.45) is 0 Å².